The molecule has 3 heterocycles. The van der Waals surface area contributed by atoms with Crippen molar-refractivity contribution in [2.75, 3.05) is 38.1 Å². The van der Waals surface area contributed by atoms with E-state index in [2.05, 4.69) is 21.7 Å². The molecule has 3 rings (SSSR count). The van der Waals surface area contributed by atoms with Crippen molar-refractivity contribution in [3.8, 4) is 0 Å². The number of piperazine rings is 1. The Morgan fingerprint density at radius 2 is 2.16 bits per heavy atom. The summed E-state index contributed by atoms with van der Waals surface area (Å²) in [5, 5.41) is 25.1. The average molecular weight is 434 g/mol. The molecular formula is C21H31N5O5. The van der Waals surface area contributed by atoms with Crippen molar-refractivity contribution >= 4 is 23.7 Å². The summed E-state index contributed by atoms with van der Waals surface area (Å²) in [5.41, 5.74) is 2.19. The number of hydrogen-bond acceptors (Lipinski definition) is 6. The number of aliphatic carboxylic acids is 1. The van der Waals surface area contributed by atoms with E-state index >= 15 is 0 Å². The number of carbonyl (C=O) groups is 3. The van der Waals surface area contributed by atoms with Crippen molar-refractivity contribution in [2.24, 2.45) is 0 Å². The summed E-state index contributed by atoms with van der Waals surface area (Å²) in [5.74, 6) is -0.679. The van der Waals surface area contributed by atoms with Gasteiger partial charge < -0.3 is 30.6 Å². The van der Waals surface area contributed by atoms with Gasteiger partial charge in [0.1, 0.15) is 17.9 Å². The normalized spacial score (nSPS) is 19.4. The second kappa shape index (κ2) is 10.4. The number of hydrogen-bond donors (Lipinski definition) is 4. The minimum atomic E-state index is -1.09. The summed E-state index contributed by atoms with van der Waals surface area (Å²) in [4.78, 5) is 43.8. The molecule has 1 aromatic heterocycles. The number of rotatable bonds is 8. The Bertz CT molecular complexity index is 817. The first-order chi connectivity index (χ1) is 15.0. The number of amides is 3. The van der Waals surface area contributed by atoms with Crippen LogP contribution >= 0.6 is 0 Å². The fourth-order valence-corrected chi connectivity index (χ4v) is 4.14. The van der Waals surface area contributed by atoms with Crippen molar-refractivity contribution in [1.29, 1.82) is 0 Å². The van der Waals surface area contributed by atoms with Gasteiger partial charge in [0, 0.05) is 31.9 Å². The highest BCUT2D eigenvalue weighted by Crippen LogP contribution is 2.20. The van der Waals surface area contributed by atoms with Gasteiger partial charge in [0.25, 0.3) is 0 Å². The molecule has 2 aliphatic rings. The highest BCUT2D eigenvalue weighted by Gasteiger charge is 2.41. The van der Waals surface area contributed by atoms with E-state index in [0.717, 1.165) is 30.9 Å². The molecule has 4 N–H and O–H groups in total. The molecule has 10 heteroatoms. The smallest absolute Gasteiger partial charge is 0.326 e. The first-order valence-electron chi connectivity index (χ1n) is 10.9. The topological polar surface area (TPSA) is 135 Å². The van der Waals surface area contributed by atoms with Crippen LogP contribution in [0, 0.1) is 0 Å². The Hall–Kier alpha value is -2.88. The molecule has 1 aromatic rings. The number of carboxylic acids is 1. The zero-order valence-electron chi connectivity index (χ0n) is 17.8. The summed E-state index contributed by atoms with van der Waals surface area (Å²) in [7, 11) is 0. The van der Waals surface area contributed by atoms with Gasteiger partial charge in [0.2, 0.25) is 5.91 Å². The van der Waals surface area contributed by atoms with Crippen LogP contribution in [0.1, 0.15) is 37.4 Å². The van der Waals surface area contributed by atoms with Gasteiger partial charge in [-0.25, -0.2) is 14.6 Å². The van der Waals surface area contributed by atoms with Gasteiger partial charge in [-0.05, 0) is 43.7 Å². The van der Waals surface area contributed by atoms with E-state index in [1.54, 1.807) is 6.92 Å². The van der Waals surface area contributed by atoms with E-state index in [-0.39, 0.29) is 19.5 Å². The third kappa shape index (κ3) is 5.25. The van der Waals surface area contributed by atoms with Crippen LogP contribution in [-0.2, 0) is 22.4 Å². The monoisotopic (exact) mass is 433 g/mol. The predicted molar refractivity (Wildman–Crippen MR) is 114 cm³/mol. The summed E-state index contributed by atoms with van der Waals surface area (Å²) in [6.45, 7) is 2.77. The number of anilines is 1. The molecule has 31 heavy (non-hydrogen) atoms. The van der Waals surface area contributed by atoms with Gasteiger partial charge in [0.15, 0.2) is 0 Å². The van der Waals surface area contributed by atoms with E-state index in [4.69, 9.17) is 0 Å². The average Bonchev–Trinajstić information content (AvgIpc) is 2.77. The molecule has 10 nitrogen and oxygen atoms in total. The van der Waals surface area contributed by atoms with E-state index in [1.807, 2.05) is 6.07 Å². The Labute approximate surface area is 181 Å². The number of fused-ring (bicyclic) bond motifs is 1. The van der Waals surface area contributed by atoms with E-state index in [1.165, 1.54) is 15.4 Å². The van der Waals surface area contributed by atoms with Crippen molar-refractivity contribution in [3.05, 3.63) is 23.4 Å². The number of carboxylic acid groups (broad SMARTS) is 1. The number of aliphatic hydroxyl groups excluding tert-OH is 1. The van der Waals surface area contributed by atoms with Crippen LogP contribution in [0.5, 0.6) is 0 Å². The van der Waals surface area contributed by atoms with Crippen LogP contribution in [0.2, 0.25) is 0 Å². The number of aliphatic hydroxyl groups is 1. The second-order valence-electron chi connectivity index (χ2n) is 7.86. The van der Waals surface area contributed by atoms with E-state index in [9.17, 15) is 24.6 Å². The minimum absolute atomic E-state index is 0.125. The number of nitrogens with zero attached hydrogens (tertiary/aromatic N) is 3. The van der Waals surface area contributed by atoms with Gasteiger partial charge in [-0.3, -0.25) is 4.79 Å². The Morgan fingerprint density at radius 1 is 1.35 bits per heavy atom. The van der Waals surface area contributed by atoms with Gasteiger partial charge in [-0.2, -0.15) is 0 Å². The predicted octanol–water partition coefficient (Wildman–Crippen LogP) is 0.450. The number of aromatic nitrogens is 1. The lowest BCUT2D eigenvalue weighted by Gasteiger charge is -2.41. The van der Waals surface area contributed by atoms with Crippen LogP contribution in [0.25, 0.3) is 0 Å². The summed E-state index contributed by atoms with van der Waals surface area (Å²) >= 11 is 0. The first-order valence-corrected chi connectivity index (χ1v) is 10.9. The Morgan fingerprint density at radius 3 is 2.87 bits per heavy atom. The molecule has 0 spiro atoms. The van der Waals surface area contributed by atoms with Crippen LogP contribution in [0.15, 0.2) is 12.1 Å². The molecule has 2 aliphatic heterocycles. The van der Waals surface area contributed by atoms with Crippen molar-refractivity contribution in [1.82, 2.24) is 20.1 Å². The van der Waals surface area contributed by atoms with Gasteiger partial charge >= 0.3 is 12.0 Å². The maximum Gasteiger partial charge on any atom is 0.326 e. The molecular weight excluding hydrogens is 402 g/mol. The standard InChI is InChI=1S/C21H31N5O5/c1-2-16(20(29)30)25-11-12-26(17(13-27)19(25)28)21(31)23-10-4-6-15-8-7-14-5-3-9-22-18(14)24-15/h7-8,16-17,27H,2-6,9-13H2,1H3,(H,22,24)(H,23,31)(H,29,30)/t16-,17?/m0/s1. The Balaban J connectivity index is 1.50. The largest absolute Gasteiger partial charge is 0.480 e. The SMILES string of the molecule is CC[C@@H](C(=O)O)N1CCN(C(=O)NCCCc2ccc3c(n2)NCCC3)C(CO)C1=O. The molecule has 0 aromatic carbocycles. The number of pyridine rings is 1. The maximum absolute atomic E-state index is 12.7. The molecule has 0 bridgehead atoms. The molecule has 0 saturated carbocycles. The second-order valence-corrected chi connectivity index (χ2v) is 7.86. The number of carbonyl (C=O) groups excluding carboxylic acids is 2. The highest BCUT2D eigenvalue weighted by atomic mass is 16.4. The number of nitrogens with one attached hydrogen (secondary N) is 2. The molecule has 170 valence electrons. The molecule has 3 amide bonds. The zero-order valence-corrected chi connectivity index (χ0v) is 17.8. The zero-order chi connectivity index (χ0) is 22.4. The first kappa shape index (κ1) is 22.8. The molecule has 0 radical (unpaired) electrons. The lowest BCUT2D eigenvalue weighted by atomic mass is 10.1. The van der Waals surface area contributed by atoms with Crippen molar-refractivity contribution < 1.29 is 24.6 Å². The Kier molecular flexibility index (Phi) is 7.67. The lowest BCUT2D eigenvalue weighted by molar-refractivity contribution is -0.156. The van der Waals surface area contributed by atoms with Crippen LogP contribution in [0.4, 0.5) is 10.6 Å². The fraction of sp³-hybridized carbons (Fsp3) is 0.619. The summed E-state index contributed by atoms with van der Waals surface area (Å²) in [6, 6.07) is 1.65. The third-order valence-corrected chi connectivity index (χ3v) is 5.85. The quantitative estimate of drug-likeness (QED) is 0.437. The van der Waals surface area contributed by atoms with Gasteiger partial charge in [-0.15, -0.1) is 0 Å². The molecule has 1 unspecified atom stereocenters. The van der Waals surface area contributed by atoms with E-state index < -0.39 is 36.6 Å². The van der Waals surface area contributed by atoms with Crippen molar-refractivity contribution in [3.63, 3.8) is 0 Å². The van der Waals surface area contributed by atoms with Crippen molar-refractivity contribution in [2.45, 2.75) is 51.1 Å². The molecule has 1 fully saturated rings. The fourth-order valence-electron chi connectivity index (χ4n) is 4.14. The van der Waals surface area contributed by atoms with Crippen LogP contribution in [-0.4, -0.2) is 87.8 Å². The maximum atomic E-state index is 12.7. The van der Waals surface area contributed by atoms with Crippen LogP contribution in [0.3, 0.4) is 0 Å². The number of urea groups is 1. The molecule has 0 aliphatic carbocycles. The highest BCUT2D eigenvalue weighted by molar-refractivity contribution is 5.91. The third-order valence-electron chi connectivity index (χ3n) is 5.85. The lowest BCUT2D eigenvalue weighted by Crippen LogP contribution is -2.64. The van der Waals surface area contributed by atoms with Gasteiger partial charge in [-0.1, -0.05) is 13.0 Å². The summed E-state index contributed by atoms with van der Waals surface area (Å²) in [6.07, 6.45) is 3.81. The minimum Gasteiger partial charge on any atom is -0.480 e. The molecule has 1 saturated heterocycles. The number of aryl methyl sites for hydroxylation is 2. The van der Waals surface area contributed by atoms with E-state index in [0.29, 0.717) is 19.4 Å². The van der Waals surface area contributed by atoms with Crippen LogP contribution < -0.4 is 10.6 Å². The molecule has 2 atom stereocenters. The summed E-state index contributed by atoms with van der Waals surface area (Å²) < 4.78 is 0. The van der Waals surface area contributed by atoms with Gasteiger partial charge in [0.05, 0.1) is 6.61 Å².